The predicted molar refractivity (Wildman–Crippen MR) is 121 cm³/mol. The Morgan fingerprint density at radius 3 is 2.35 bits per heavy atom. The summed E-state index contributed by atoms with van der Waals surface area (Å²) in [4.78, 5) is 16.6. The van der Waals surface area contributed by atoms with Gasteiger partial charge in [-0.15, -0.1) is 10.2 Å². The van der Waals surface area contributed by atoms with E-state index >= 15 is 0 Å². The molecule has 1 amide bonds. The molecule has 0 fully saturated rings. The van der Waals surface area contributed by atoms with E-state index in [9.17, 15) is 4.79 Å². The van der Waals surface area contributed by atoms with Crippen molar-refractivity contribution in [1.29, 1.82) is 0 Å². The summed E-state index contributed by atoms with van der Waals surface area (Å²) in [5.74, 6) is 0.735. The van der Waals surface area contributed by atoms with Gasteiger partial charge in [-0.05, 0) is 48.5 Å². The van der Waals surface area contributed by atoms with E-state index in [1.165, 1.54) is 11.8 Å². The molecular formula is C22H19N7OS. The smallest absolute Gasteiger partial charge is 0.234 e. The third-order valence-corrected chi connectivity index (χ3v) is 5.27. The number of carbonyl (C=O) groups is 1. The van der Waals surface area contributed by atoms with E-state index in [1.54, 1.807) is 30.5 Å². The van der Waals surface area contributed by atoms with E-state index in [1.807, 2.05) is 60.1 Å². The molecule has 2 heterocycles. The first-order valence-electron chi connectivity index (χ1n) is 9.49. The zero-order valence-electron chi connectivity index (χ0n) is 16.7. The lowest BCUT2D eigenvalue weighted by molar-refractivity contribution is -0.113. The van der Waals surface area contributed by atoms with Crippen molar-refractivity contribution in [2.24, 2.45) is 17.3 Å². The van der Waals surface area contributed by atoms with E-state index in [2.05, 4.69) is 30.7 Å². The number of hydrogen-bond donors (Lipinski definition) is 1. The van der Waals surface area contributed by atoms with Crippen molar-refractivity contribution in [3.8, 4) is 11.5 Å². The number of nitrogens with zero attached hydrogens (tertiary/aromatic N) is 6. The summed E-state index contributed by atoms with van der Waals surface area (Å²) in [6.07, 6.45) is 1.71. The maximum atomic E-state index is 12.3. The van der Waals surface area contributed by atoms with Gasteiger partial charge in [0, 0.05) is 18.9 Å². The summed E-state index contributed by atoms with van der Waals surface area (Å²) < 4.78 is 1.83. The van der Waals surface area contributed by atoms with Crippen LogP contribution in [0.5, 0.6) is 0 Å². The first-order chi connectivity index (χ1) is 15.2. The number of anilines is 1. The summed E-state index contributed by atoms with van der Waals surface area (Å²) in [6.45, 7) is 0. The minimum absolute atomic E-state index is 0.133. The highest BCUT2D eigenvalue weighted by molar-refractivity contribution is 7.99. The van der Waals surface area contributed by atoms with Crippen LogP contribution in [0.1, 0.15) is 0 Å². The van der Waals surface area contributed by atoms with Crippen LogP contribution >= 0.6 is 11.8 Å². The van der Waals surface area contributed by atoms with Crippen LogP contribution in [0.3, 0.4) is 0 Å². The fourth-order valence-corrected chi connectivity index (χ4v) is 3.42. The molecule has 0 bridgehead atoms. The van der Waals surface area contributed by atoms with Crippen molar-refractivity contribution in [2.45, 2.75) is 5.16 Å². The van der Waals surface area contributed by atoms with Gasteiger partial charge in [0.05, 0.1) is 17.1 Å². The minimum Gasteiger partial charge on any atom is -0.325 e. The van der Waals surface area contributed by atoms with E-state index in [4.69, 9.17) is 0 Å². The number of aromatic nitrogens is 4. The van der Waals surface area contributed by atoms with Gasteiger partial charge in [0.2, 0.25) is 5.91 Å². The van der Waals surface area contributed by atoms with Crippen LogP contribution < -0.4 is 5.32 Å². The Kier molecular flexibility index (Phi) is 6.44. The number of rotatable bonds is 7. The highest BCUT2D eigenvalue weighted by Crippen LogP contribution is 2.22. The summed E-state index contributed by atoms with van der Waals surface area (Å²) in [7, 11) is 1.85. The predicted octanol–water partition coefficient (Wildman–Crippen LogP) is 5.02. The molecule has 2 aromatic carbocycles. The molecule has 4 aromatic rings. The summed E-state index contributed by atoms with van der Waals surface area (Å²) in [6, 6.07) is 22.3. The van der Waals surface area contributed by atoms with Gasteiger partial charge in [-0.1, -0.05) is 36.0 Å². The largest absolute Gasteiger partial charge is 0.325 e. The Labute approximate surface area is 183 Å². The second kappa shape index (κ2) is 9.77. The molecule has 0 aliphatic rings. The van der Waals surface area contributed by atoms with E-state index in [0.717, 1.165) is 11.4 Å². The van der Waals surface area contributed by atoms with Gasteiger partial charge in [-0.2, -0.15) is 10.2 Å². The first kappa shape index (κ1) is 20.4. The van der Waals surface area contributed by atoms with Crippen molar-refractivity contribution < 1.29 is 4.79 Å². The zero-order chi connectivity index (χ0) is 21.5. The van der Waals surface area contributed by atoms with E-state index < -0.39 is 0 Å². The van der Waals surface area contributed by atoms with Crippen LogP contribution in [0, 0.1) is 0 Å². The molecule has 0 aliphatic heterocycles. The third-order valence-electron chi connectivity index (χ3n) is 4.25. The number of carbonyl (C=O) groups excluding carboxylic acids is 1. The standard InChI is InChI=1S/C22H19N7OS/c1-29-21(19-9-5-6-14-23-19)27-28-22(29)31-15-20(30)24-16-10-12-18(13-11-16)26-25-17-7-3-2-4-8-17/h2-14H,15H2,1H3,(H,24,30). The van der Waals surface area contributed by atoms with Gasteiger partial charge in [0.1, 0.15) is 5.69 Å². The summed E-state index contributed by atoms with van der Waals surface area (Å²) >= 11 is 1.31. The molecule has 2 aromatic heterocycles. The average molecular weight is 430 g/mol. The fourth-order valence-electron chi connectivity index (χ4n) is 2.71. The molecule has 0 saturated carbocycles. The van der Waals surface area contributed by atoms with Gasteiger partial charge in [0.25, 0.3) is 0 Å². The average Bonchev–Trinajstić information content (AvgIpc) is 3.19. The Balaban J connectivity index is 1.31. The summed E-state index contributed by atoms with van der Waals surface area (Å²) in [5.41, 5.74) is 2.92. The number of azo groups is 1. The van der Waals surface area contributed by atoms with Gasteiger partial charge >= 0.3 is 0 Å². The number of hydrogen-bond acceptors (Lipinski definition) is 7. The van der Waals surface area contributed by atoms with Crippen LogP contribution in [0.2, 0.25) is 0 Å². The van der Waals surface area contributed by atoms with E-state index in [0.29, 0.717) is 22.4 Å². The highest BCUT2D eigenvalue weighted by Gasteiger charge is 2.13. The summed E-state index contributed by atoms with van der Waals surface area (Å²) in [5, 5.41) is 20.2. The Morgan fingerprint density at radius 2 is 1.65 bits per heavy atom. The normalized spacial score (nSPS) is 11.0. The molecule has 9 heteroatoms. The fraction of sp³-hybridized carbons (Fsp3) is 0.0909. The van der Waals surface area contributed by atoms with Crippen molar-refractivity contribution in [3.63, 3.8) is 0 Å². The third kappa shape index (κ3) is 5.40. The number of thioether (sulfide) groups is 1. The minimum atomic E-state index is -0.133. The van der Waals surface area contributed by atoms with Crippen molar-refractivity contribution in [3.05, 3.63) is 79.0 Å². The molecule has 0 atom stereocenters. The Bertz CT molecular complexity index is 1180. The van der Waals surface area contributed by atoms with Crippen LogP contribution in [0.25, 0.3) is 11.5 Å². The second-order valence-electron chi connectivity index (χ2n) is 6.50. The van der Waals surface area contributed by atoms with E-state index in [-0.39, 0.29) is 11.7 Å². The number of pyridine rings is 1. The SMILES string of the molecule is Cn1c(SCC(=O)Nc2ccc(N=Nc3ccccc3)cc2)nnc1-c1ccccn1. The quantitative estimate of drug-likeness (QED) is 0.328. The molecular weight excluding hydrogens is 410 g/mol. The Morgan fingerprint density at radius 1 is 0.935 bits per heavy atom. The number of nitrogens with one attached hydrogen (secondary N) is 1. The van der Waals surface area contributed by atoms with Gasteiger partial charge < -0.3 is 9.88 Å². The van der Waals surface area contributed by atoms with Crippen LogP contribution in [-0.4, -0.2) is 31.4 Å². The molecule has 4 rings (SSSR count). The maximum Gasteiger partial charge on any atom is 0.234 e. The molecule has 0 aliphatic carbocycles. The number of amides is 1. The van der Waals surface area contributed by atoms with Crippen molar-refractivity contribution in [1.82, 2.24) is 19.7 Å². The molecule has 0 radical (unpaired) electrons. The molecule has 0 saturated heterocycles. The monoisotopic (exact) mass is 429 g/mol. The molecule has 8 nitrogen and oxygen atoms in total. The maximum absolute atomic E-state index is 12.3. The van der Waals surface area contributed by atoms with Gasteiger partial charge in [0.15, 0.2) is 11.0 Å². The van der Waals surface area contributed by atoms with Crippen LogP contribution in [-0.2, 0) is 11.8 Å². The lowest BCUT2D eigenvalue weighted by Gasteiger charge is -2.06. The first-order valence-corrected chi connectivity index (χ1v) is 10.5. The Hall–Kier alpha value is -3.85. The van der Waals surface area contributed by atoms with Gasteiger partial charge in [-0.3, -0.25) is 9.78 Å². The number of benzene rings is 2. The zero-order valence-corrected chi connectivity index (χ0v) is 17.5. The lowest BCUT2D eigenvalue weighted by atomic mass is 10.3. The van der Waals surface area contributed by atoms with Crippen LogP contribution in [0.4, 0.5) is 17.1 Å². The van der Waals surface area contributed by atoms with Crippen LogP contribution in [0.15, 0.2) is 94.4 Å². The molecule has 154 valence electrons. The molecule has 0 unspecified atom stereocenters. The van der Waals surface area contributed by atoms with Gasteiger partial charge in [-0.25, -0.2) is 0 Å². The van der Waals surface area contributed by atoms with Crippen molar-refractivity contribution >= 4 is 34.7 Å². The molecule has 1 N–H and O–H groups in total. The molecule has 0 spiro atoms. The topological polar surface area (TPSA) is 97.4 Å². The van der Waals surface area contributed by atoms with Crippen molar-refractivity contribution in [2.75, 3.05) is 11.1 Å². The highest BCUT2D eigenvalue weighted by atomic mass is 32.2. The second-order valence-corrected chi connectivity index (χ2v) is 7.44. The molecule has 31 heavy (non-hydrogen) atoms. The lowest BCUT2D eigenvalue weighted by Crippen LogP contribution is -2.14.